The normalized spacial score (nSPS) is 12.0. The minimum absolute atomic E-state index is 0.0851. The van der Waals surface area contributed by atoms with Crippen LogP contribution in [0.25, 0.3) is 0 Å². The molecule has 6 nitrogen and oxygen atoms in total. The fourth-order valence-electron chi connectivity index (χ4n) is 3.54. The predicted octanol–water partition coefficient (Wildman–Crippen LogP) is 3.73. The maximum absolute atomic E-state index is 12.4. The highest BCUT2D eigenvalue weighted by Gasteiger charge is 2.13. The first-order chi connectivity index (χ1) is 14.3. The van der Waals surface area contributed by atoms with Gasteiger partial charge in [0.25, 0.3) is 5.91 Å². The molecule has 2 N–H and O–H groups in total. The van der Waals surface area contributed by atoms with Crippen LogP contribution in [0.3, 0.4) is 0 Å². The molecule has 0 heterocycles. The molecule has 0 aliphatic rings. The number of carbonyl (C=O) groups excluding carboxylic acids is 1. The van der Waals surface area contributed by atoms with Crippen LogP contribution >= 0.6 is 0 Å². The Balaban J connectivity index is 2.60. The molecule has 30 heavy (non-hydrogen) atoms. The van der Waals surface area contributed by atoms with Gasteiger partial charge in [0.2, 0.25) is 0 Å². The summed E-state index contributed by atoms with van der Waals surface area (Å²) in [6.45, 7) is 19.9. The van der Waals surface area contributed by atoms with Gasteiger partial charge >= 0.3 is 0 Å². The molecule has 1 aromatic rings. The summed E-state index contributed by atoms with van der Waals surface area (Å²) in [5.74, 6) is 0.920. The predicted molar refractivity (Wildman–Crippen MR) is 128 cm³/mol. The lowest BCUT2D eigenvalue weighted by atomic mass is 10.1. The molecular weight excluding hydrogens is 374 g/mol. The van der Waals surface area contributed by atoms with E-state index in [0.29, 0.717) is 18.6 Å². The number of hydrogen-bond acceptors (Lipinski definition) is 3. The number of benzene rings is 1. The first-order valence-electron chi connectivity index (χ1n) is 11.5. The molecule has 0 saturated carbocycles. The van der Waals surface area contributed by atoms with Crippen molar-refractivity contribution >= 4 is 11.9 Å². The number of aliphatic imine (C=N–C) groups is 1. The van der Waals surface area contributed by atoms with Crippen molar-refractivity contribution in [2.24, 2.45) is 4.99 Å². The maximum Gasteiger partial charge on any atom is 0.253 e. The van der Waals surface area contributed by atoms with Gasteiger partial charge in [-0.25, -0.2) is 4.99 Å². The molecule has 0 unspecified atom stereocenters. The summed E-state index contributed by atoms with van der Waals surface area (Å²) in [7, 11) is 0. The van der Waals surface area contributed by atoms with Crippen molar-refractivity contribution in [1.29, 1.82) is 0 Å². The molecule has 6 heteroatoms. The van der Waals surface area contributed by atoms with Gasteiger partial charge in [-0.3, -0.25) is 9.69 Å². The summed E-state index contributed by atoms with van der Waals surface area (Å²) in [4.78, 5) is 21.5. The van der Waals surface area contributed by atoms with E-state index in [1.165, 1.54) is 0 Å². The van der Waals surface area contributed by atoms with Crippen molar-refractivity contribution in [1.82, 2.24) is 20.4 Å². The van der Waals surface area contributed by atoms with Gasteiger partial charge in [-0.15, -0.1) is 0 Å². The van der Waals surface area contributed by atoms with Crippen molar-refractivity contribution < 1.29 is 4.79 Å². The summed E-state index contributed by atoms with van der Waals surface area (Å²) in [6, 6.07) is 8.91. The van der Waals surface area contributed by atoms with E-state index in [2.05, 4.69) is 50.2 Å². The number of hydrogen-bond donors (Lipinski definition) is 2. The zero-order valence-corrected chi connectivity index (χ0v) is 20.2. The minimum Gasteiger partial charge on any atom is -0.357 e. The number of nitrogens with zero attached hydrogens (tertiary/aromatic N) is 3. The van der Waals surface area contributed by atoms with Crippen molar-refractivity contribution in [3.63, 3.8) is 0 Å². The third-order valence-corrected chi connectivity index (χ3v) is 5.23. The number of carbonyl (C=O) groups is 1. The molecule has 0 aliphatic heterocycles. The first-order valence-corrected chi connectivity index (χ1v) is 11.5. The summed E-state index contributed by atoms with van der Waals surface area (Å²) >= 11 is 0. The largest absolute Gasteiger partial charge is 0.357 e. The lowest BCUT2D eigenvalue weighted by Gasteiger charge is -2.30. The van der Waals surface area contributed by atoms with E-state index in [1.807, 2.05) is 43.0 Å². The lowest BCUT2D eigenvalue weighted by molar-refractivity contribution is 0.0773. The van der Waals surface area contributed by atoms with Gasteiger partial charge in [0.1, 0.15) is 0 Å². The van der Waals surface area contributed by atoms with Crippen LogP contribution in [0, 0.1) is 0 Å². The van der Waals surface area contributed by atoms with Crippen LogP contribution in [0.2, 0.25) is 0 Å². The number of rotatable bonds is 12. The van der Waals surface area contributed by atoms with E-state index in [4.69, 9.17) is 4.99 Å². The molecule has 0 saturated heterocycles. The number of amides is 1. The van der Waals surface area contributed by atoms with Crippen molar-refractivity contribution in [3.05, 3.63) is 35.4 Å². The van der Waals surface area contributed by atoms with E-state index in [9.17, 15) is 4.79 Å². The summed E-state index contributed by atoms with van der Waals surface area (Å²) in [5, 5.41) is 6.75. The van der Waals surface area contributed by atoms with Gasteiger partial charge in [0, 0.05) is 50.4 Å². The average Bonchev–Trinajstić information content (AvgIpc) is 2.72. The Labute approximate surface area is 184 Å². The van der Waals surface area contributed by atoms with E-state index in [-0.39, 0.29) is 5.91 Å². The third-order valence-electron chi connectivity index (χ3n) is 5.23. The molecule has 0 atom stereocenters. The summed E-state index contributed by atoms with van der Waals surface area (Å²) < 4.78 is 0. The van der Waals surface area contributed by atoms with Gasteiger partial charge < -0.3 is 15.5 Å². The molecule has 0 bridgehead atoms. The standard InChI is InChI=1S/C24H43N5O/c1-8-25-24(26-16-11-17-29(19(4)5)20(6)7)27-18-21-12-14-22(15-13-21)23(30)28(9-2)10-3/h12-15,19-20H,8-11,16-18H2,1-7H3,(H2,25,26,27). The third kappa shape index (κ3) is 8.74. The topological polar surface area (TPSA) is 60.0 Å². The molecular formula is C24H43N5O. The molecule has 1 rings (SSSR count). The molecule has 0 spiro atoms. The Bertz CT molecular complexity index is 628. The zero-order chi connectivity index (χ0) is 22.5. The molecule has 1 amide bonds. The Morgan fingerprint density at radius 3 is 2.07 bits per heavy atom. The Kier molecular flexibility index (Phi) is 12.1. The van der Waals surface area contributed by atoms with E-state index in [0.717, 1.165) is 56.2 Å². The smallest absolute Gasteiger partial charge is 0.253 e. The van der Waals surface area contributed by atoms with Gasteiger partial charge in [0.05, 0.1) is 6.54 Å². The molecule has 0 radical (unpaired) electrons. The highest BCUT2D eigenvalue weighted by atomic mass is 16.2. The molecule has 0 fully saturated rings. The highest BCUT2D eigenvalue weighted by molar-refractivity contribution is 5.94. The molecule has 0 aromatic heterocycles. The van der Waals surface area contributed by atoms with Crippen LogP contribution in [0.1, 0.15) is 70.8 Å². The quantitative estimate of drug-likeness (QED) is 0.309. The summed E-state index contributed by atoms with van der Waals surface area (Å²) in [5.41, 5.74) is 1.82. The number of guanidine groups is 1. The fourth-order valence-corrected chi connectivity index (χ4v) is 3.54. The lowest BCUT2D eigenvalue weighted by Crippen LogP contribution is -2.41. The van der Waals surface area contributed by atoms with Crippen molar-refractivity contribution in [2.45, 2.75) is 73.5 Å². The second kappa shape index (κ2) is 14.0. The van der Waals surface area contributed by atoms with Gasteiger partial charge in [-0.2, -0.15) is 0 Å². The monoisotopic (exact) mass is 417 g/mol. The van der Waals surface area contributed by atoms with Crippen LogP contribution in [0.15, 0.2) is 29.3 Å². The average molecular weight is 418 g/mol. The fraction of sp³-hybridized carbons (Fsp3) is 0.667. The Hall–Kier alpha value is -2.08. The van der Waals surface area contributed by atoms with Crippen molar-refractivity contribution in [2.75, 3.05) is 32.7 Å². The zero-order valence-electron chi connectivity index (χ0n) is 20.2. The van der Waals surface area contributed by atoms with Gasteiger partial charge in [-0.1, -0.05) is 12.1 Å². The van der Waals surface area contributed by atoms with Crippen LogP contribution in [0.5, 0.6) is 0 Å². The SMILES string of the molecule is CCNC(=NCc1ccc(C(=O)N(CC)CC)cc1)NCCCN(C(C)C)C(C)C. The molecule has 170 valence electrons. The van der Waals surface area contributed by atoms with E-state index < -0.39 is 0 Å². The first kappa shape index (κ1) is 26.0. The molecule has 0 aliphatic carbocycles. The minimum atomic E-state index is 0.0851. The molecule has 1 aromatic carbocycles. The van der Waals surface area contributed by atoms with Crippen LogP contribution in [0.4, 0.5) is 0 Å². The number of nitrogens with one attached hydrogen (secondary N) is 2. The second-order valence-electron chi connectivity index (χ2n) is 8.08. The van der Waals surface area contributed by atoms with Crippen LogP contribution in [-0.4, -0.2) is 66.5 Å². The Morgan fingerprint density at radius 2 is 1.57 bits per heavy atom. The summed E-state index contributed by atoms with van der Waals surface area (Å²) in [6.07, 6.45) is 1.07. The van der Waals surface area contributed by atoms with Gasteiger partial charge in [-0.05, 0) is 72.6 Å². The van der Waals surface area contributed by atoms with Crippen molar-refractivity contribution in [3.8, 4) is 0 Å². The van der Waals surface area contributed by atoms with Crippen LogP contribution < -0.4 is 10.6 Å². The highest BCUT2D eigenvalue weighted by Crippen LogP contribution is 2.09. The van der Waals surface area contributed by atoms with Crippen LogP contribution in [-0.2, 0) is 6.54 Å². The van der Waals surface area contributed by atoms with E-state index >= 15 is 0 Å². The van der Waals surface area contributed by atoms with Gasteiger partial charge in [0.15, 0.2) is 5.96 Å². The van der Waals surface area contributed by atoms with E-state index in [1.54, 1.807) is 0 Å². The maximum atomic E-state index is 12.4. The Morgan fingerprint density at radius 1 is 0.967 bits per heavy atom. The second-order valence-corrected chi connectivity index (χ2v) is 8.08.